The van der Waals surface area contributed by atoms with Crippen LogP contribution in [0.3, 0.4) is 0 Å². The van der Waals surface area contributed by atoms with E-state index in [4.69, 9.17) is 17.5 Å². The van der Waals surface area contributed by atoms with Crippen molar-refractivity contribution in [3.05, 3.63) is 28.5 Å². The van der Waals surface area contributed by atoms with E-state index < -0.39 is 0 Å². The Labute approximate surface area is 111 Å². The molecule has 5 heteroatoms. The van der Waals surface area contributed by atoms with Gasteiger partial charge in [0.1, 0.15) is 0 Å². The summed E-state index contributed by atoms with van der Waals surface area (Å²) in [5.74, 6) is 0. The Hall–Kier alpha value is -1.64. The number of aromatic amines is 1. The number of H-pyrrole nitrogens is 1. The molecule has 0 unspecified atom stereocenters. The first kappa shape index (κ1) is 12.8. The van der Waals surface area contributed by atoms with Gasteiger partial charge in [-0.1, -0.05) is 0 Å². The SMILES string of the molecule is CN(C)CCCn1c(=S)[nH]c2ccc(C#N)cc21. The molecule has 0 atom stereocenters. The molecule has 1 heterocycles. The van der Waals surface area contributed by atoms with Crippen molar-refractivity contribution in [1.29, 1.82) is 5.26 Å². The highest BCUT2D eigenvalue weighted by molar-refractivity contribution is 7.71. The zero-order chi connectivity index (χ0) is 13.1. The summed E-state index contributed by atoms with van der Waals surface area (Å²) in [4.78, 5) is 5.32. The Balaban J connectivity index is 2.34. The lowest BCUT2D eigenvalue weighted by molar-refractivity contribution is 0.387. The summed E-state index contributed by atoms with van der Waals surface area (Å²) in [6.07, 6.45) is 1.03. The third kappa shape index (κ3) is 2.61. The molecule has 0 spiro atoms. The molecule has 0 amide bonds. The second-order valence-corrected chi connectivity index (χ2v) is 4.97. The lowest BCUT2D eigenvalue weighted by Crippen LogP contribution is -2.15. The Morgan fingerprint density at radius 3 is 2.89 bits per heavy atom. The summed E-state index contributed by atoms with van der Waals surface area (Å²) in [5, 5.41) is 8.94. The second kappa shape index (κ2) is 5.34. The molecule has 0 aliphatic rings. The average Bonchev–Trinajstić information content (AvgIpc) is 2.64. The zero-order valence-corrected chi connectivity index (χ0v) is 11.4. The maximum Gasteiger partial charge on any atom is 0.178 e. The fourth-order valence-electron chi connectivity index (χ4n) is 1.99. The van der Waals surface area contributed by atoms with Crippen LogP contribution in [0.5, 0.6) is 0 Å². The predicted molar refractivity (Wildman–Crippen MR) is 75.0 cm³/mol. The van der Waals surface area contributed by atoms with Gasteiger partial charge in [0.15, 0.2) is 4.77 Å². The van der Waals surface area contributed by atoms with Gasteiger partial charge >= 0.3 is 0 Å². The van der Waals surface area contributed by atoms with Gasteiger partial charge in [0.05, 0.1) is 22.7 Å². The summed E-state index contributed by atoms with van der Waals surface area (Å²) in [6, 6.07) is 7.76. The van der Waals surface area contributed by atoms with Gasteiger partial charge < -0.3 is 14.5 Å². The van der Waals surface area contributed by atoms with Gasteiger partial charge in [-0.05, 0) is 57.5 Å². The smallest absolute Gasteiger partial charge is 0.178 e. The number of aryl methyl sites for hydroxylation is 1. The first-order chi connectivity index (χ1) is 8.61. The molecule has 0 fully saturated rings. The molecule has 2 rings (SSSR count). The standard InChI is InChI=1S/C13H16N4S/c1-16(2)6-3-7-17-12-8-10(9-14)4-5-11(12)15-13(17)18/h4-5,8H,3,6-7H2,1-2H3,(H,15,18). The number of hydrogen-bond acceptors (Lipinski definition) is 3. The number of rotatable bonds is 4. The Morgan fingerprint density at radius 1 is 1.44 bits per heavy atom. The van der Waals surface area contributed by atoms with Crippen LogP contribution in [0, 0.1) is 16.1 Å². The van der Waals surface area contributed by atoms with Crippen LogP contribution < -0.4 is 0 Å². The molecule has 4 nitrogen and oxygen atoms in total. The van der Waals surface area contributed by atoms with Crippen LogP contribution in [0.15, 0.2) is 18.2 Å². The van der Waals surface area contributed by atoms with Crippen LogP contribution in [0.4, 0.5) is 0 Å². The summed E-state index contributed by atoms with van der Waals surface area (Å²) in [7, 11) is 4.12. The fourth-order valence-corrected chi connectivity index (χ4v) is 2.29. The minimum atomic E-state index is 0.665. The molecule has 0 bridgehead atoms. The highest BCUT2D eigenvalue weighted by atomic mass is 32.1. The third-order valence-electron chi connectivity index (χ3n) is 2.89. The normalized spacial score (nSPS) is 11.0. The predicted octanol–water partition coefficient (Wildman–Crippen LogP) is 2.52. The molecule has 0 aliphatic carbocycles. The first-order valence-corrected chi connectivity index (χ1v) is 6.30. The van der Waals surface area contributed by atoms with Gasteiger partial charge in [0.2, 0.25) is 0 Å². The lowest BCUT2D eigenvalue weighted by Gasteiger charge is -2.10. The largest absolute Gasteiger partial charge is 0.331 e. The van der Waals surface area contributed by atoms with Gasteiger partial charge in [0.25, 0.3) is 0 Å². The average molecular weight is 260 g/mol. The molecule has 1 aromatic heterocycles. The van der Waals surface area contributed by atoms with Crippen LogP contribution in [-0.4, -0.2) is 35.1 Å². The summed E-state index contributed by atoms with van der Waals surface area (Å²) in [5.41, 5.74) is 2.67. The van der Waals surface area contributed by atoms with E-state index in [1.165, 1.54) is 0 Å². The molecule has 18 heavy (non-hydrogen) atoms. The Bertz CT molecular complexity index is 645. The summed E-state index contributed by atoms with van der Waals surface area (Å²) in [6.45, 7) is 1.89. The summed E-state index contributed by atoms with van der Waals surface area (Å²) >= 11 is 5.32. The molecule has 0 saturated heterocycles. The molecule has 2 aromatic rings. The van der Waals surface area contributed by atoms with Gasteiger partial charge in [-0.2, -0.15) is 5.26 Å². The van der Waals surface area contributed by atoms with Crippen molar-refractivity contribution in [1.82, 2.24) is 14.5 Å². The quantitative estimate of drug-likeness (QED) is 0.859. The topological polar surface area (TPSA) is 47.8 Å². The zero-order valence-electron chi connectivity index (χ0n) is 10.6. The van der Waals surface area contributed by atoms with Crippen molar-refractivity contribution in [2.45, 2.75) is 13.0 Å². The fraction of sp³-hybridized carbons (Fsp3) is 0.385. The molecular formula is C13H16N4S. The van der Waals surface area contributed by atoms with E-state index in [1.807, 2.05) is 12.1 Å². The maximum absolute atomic E-state index is 8.94. The first-order valence-electron chi connectivity index (χ1n) is 5.89. The number of fused-ring (bicyclic) bond motifs is 1. The third-order valence-corrected chi connectivity index (χ3v) is 3.21. The van der Waals surface area contributed by atoms with Crippen molar-refractivity contribution < 1.29 is 0 Å². The van der Waals surface area contributed by atoms with Crippen LogP contribution in [0.1, 0.15) is 12.0 Å². The van der Waals surface area contributed by atoms with E-state index in [-0.39, 0.29) is 0 Å². The number of aromatic nitrogens is 2. The Morgan fingerprint density at radius 2 is 2.22 bits per heavy atom. The van der Waals surface area contributed by atoms with E-state index >= 15 is 0 Å². The molecule has 1 aromatic carbocycles. The molecule has 1 N–H and O–H groups in total. The highest BCUT2D eigenvalue weighted by Gasteiger charge is 2.05. The number of nitrogens with zero attached hydrogens (tertiary/aromatic N) is 3. The molecule has 0 radical (unpaired) electrons. The number of nitrogens with one attached hydrogen (secondary N) is 1. The monoisotopic (exact) mass is 260 g/mol. The number of imidazole rings is 1. The van der Waals surface area contributed by atoms with Crippen molar-refractivity contribution in [2.75, 3.05) is 20.6 Å². The van der Waals surface area contributed by atoms with E-state index in [0.717, 1.165) is 35.3 Å². The highest BCUT2D eigenvalue weighted by Crippen LogP contribution is 2.16. The number of benzene rings is 1. The van der Waals surface area contributed by atoms with Gasteiger partial charge in [-0.3, -0.25) is 0 Å². The molecule has 0 saturated carbocycles. The lowest BCUT2D eigenvalue weighted by atomic mass is 10.2. The Kier molecular flexibility index (Phi) is 3.80. The van der Waals surface area contributed by atoms with Gasteiger partial charge in [-0.15, -0.1) is 0 Å². The van der Waals surface area contributed by atoms with Crippen molar-refractivity contribution in [3.8, 4) is 6.07 Å². The van der Waals surface area contributed by atoms with E-state index in [9.17, 15) is 0 Å². The minimum Gasteiger partial charge on any atom is -0.331 e. The van der Waals surface area contributed by atoms with Crippen LogP contribution >= 0.6 is 12.2 Å². The van der Waals surface area contributed by atoms with Crippen molar-refractivity contribution in [2.24, 2.45) is 0 Å². The van der Waals surface area contributed by atoms with Gasteiger partial charge in [0, 0.05) is 6.54 Å². The van der Waals surface area contributed by atoms with E-state index in [0.29, 0.717) is 5.56 Å². The van der Waals surface area contributed by atoms with Crippen LogP contribution in [0.2, 0.25) is 0 Å². The van der Waals surface area contributed by atoms with Crippen molar-refractivity contribution in [3.63, 3.8) is 0 Å². The minimum absolute atomic E-state index is 0.665. The molecule has 0 aliphatic heterocycles. The summed E-state index contributed by atoms with van der Waals surface area (Å²) < 4.78 is 2.79. The van der Waals surface area contributed by atoms with Crippen molar-refractivity contribution >= 4 is 23.3 Å². The van der Waals surface area contributed by atoms with Crippen LogP contribution in [-0.2, 0) is 6.54 Å². The van der Waals surface area contributed by atoms with E-state index in [2.05, 4.69) is 34.6 Å². The van der Waals surface area contributed by atoms with Gasteiger partial charge in [-0.25, -0.2) is 0 Å². The molecular weight excluding hydrogens is 244 g/mol. The number of hydrogen-bond donors (Lipinski definition) is 1. The number of nitriles is 1. The molecule has 94 valence electrons. The maximum atomic E-state index is 8.94. The van der Waals surface area contributed by atoms with Crippen LogP contribution in [0.25, 0.3) is 11.0 Å². The second-order valence-electron chi connectivity index (χ2n) is 4.58. The van der Waals surface area contributed by atoms with E-state index in [1.54, 1.807) is 6.07 Å².